The number of nitrogens with zero attached hydrogens (tertiary/aromatic N) is 2. The SMILES string of the molecule is Cc1cccc(C(C)C)c1NC(=O)CSc1nc(=O)[nH]nc1C. The summed E-state index contributed by atoms with van der Waals surface area (Å²) in [6, 6.07) is 5.98. The third kappa shape index (κ3) is 4.41. The first-order valence-corrected chi connectivity index (χ1v) is 8.32. The summed E-state index contributed by atoms with van der Waals surface area (Å²) in [5.74, 6) is 0.358. The molecular weight excluding hydrogens is 312 g/mol. The fourth-order valence-electron chi connectivity index (χ4n) is 2.17. The Hall–Kier alpha value is -2.15. The Morgan fingerprint density at radius 2 is 2.09 bits per heavy atom. The Morgan fingerprint density at radius 1 is 1.35 bits per heavy atom. The van der Waals surface area contributed by atoms with E-state index in [9.17, 15) is 9.59 Å². The number of benzene rings is 1. The van der Waals surface area contributed by atoms with Crippen molar-refractivity contribution in [1.29, 1.82) is 0 Å². The van der Waals surface area contributed by atoms with Crippen molar-refractivity contribution in [1.82, 2.24) is 15.2 Å². The van der Waals surface area contributed by atoms with Gasteiger partial charge in [-0.3, -0.25) is 4.79 Å². The highest BCUT2D eigenvalue weighted by Gasteiger charge is 2.13. The normalized spacial score (nSPS) is 10.8. The Morgan fingerprint density at radius 3 is 2.78 bits per heavy atom. The van der Waals surface area contributed by atoms with Gasteiger partial charge in [-0.1, -0.05) is 43.8 Å². The molecule has 1 aromatic carbocycles. The molecule has 2 rings (SSSR count). The van der Waals surface area contributed by atoms with Crippen molar-refractivity contribution in [3.05, 3.63) is 45.5 Å². The van der Waals surface area contributed by atoms with Gasteiger partial charge < -0.3 is 5.32 Å². The minimum Gasteiger partial charge on any atom is -0.325 e. The average molecular weight is 332 g/mol. The number of H-pyrrole nitrogens is 1. The highest BCUT2D eigenvalue weighted by Crippen LogP contribution is 2.27. The van der Waals surface area contributed by atoms with Gasteiger partial charge in [0.05, 0.1) is 11.4 Å². The van der Waals surface area contributed by atoms with Gasteiger partial charge in [0.1, 0.15) is 5.03 Å². The lowest BCUT2D eigenvalue weighted by atomic mass is 9.98. The number of rotatable bonds is 5. The zero-order valence-electron chi connectivity index (χ0n) is 13.6. The minimum absolute atomic E-state index is 0.132. The number of hydrogen-bond donors (Lipinski definition) is 2. The zero-order chi connectivity index (χ0) is 17.0. The number of aromatic amines is 1. The van der Waals surface area contributed by atoms with Crippen molar-refractivity contribution in [2.75, 3.05) is 11.1 Å². The van der Waals surface area contributed by atoms with Crippen molar-refractivity contribution < 1.29 is 4.79 Å². The molecule has 0 fully saturated rings. The van der Waals surface area contributed by atoms with E-state index in [0.717, 1.165) is 16.8 Å². The van der Waals surface area contributed by atoms with Crippen LogP contribution in [0.2, 0.25) is 0 Å². The second-order valence-corrected chi connectivity index (χ2v) is 6.53. The summed E-state index contributed by atoms with van der Waals surface area (Å²) >= 11 is 1.20. The fraction of sp³-hybridized carbons (Fsp3) is 0.375. The molecule has 0 spiro atoms. The second-order valence-electron chi connectivity index (χ2n) is 5.56. The molecule has 0 aliphatic rings. The van der Waals surface area contributed by atoms with Crippen LogP contribution in [-0.4, -0.2) is 26.8 Å². The quantitative estimate of drug-likeness (QED) is 0.822. The molecule has 23 heavy (non-hydrogen) atoms. The van der Waals surface area contributed by atoms with E-state index in [-0.39, 0.29) is 11.7 Å². The van der Waals surface area contributed by atoms with Gasteiger partial charge >= 0.3 is 5.69 Å². The summed E-state index contributed by atoms with van der Waals surface area (Å²) in [4.78, 5) is 27.3. The molecule has 0 bridgehead atoms. The van der Waals surface area contributed by atoms with Crippen LogP contribution in [0.4, 0.5) is 5.69 Å². The number of para-hydroxylation sites is 1. The Kier molecular flexibility index (Phi) is 5.54. The van der Waals surface area contributed by atoms with Crippen LogP contribution in [0, 0.1) is 13.8 Å². The lowest BCUT2D eigenvalue weighted by Crippen LogP contribution is -2.18. The molecule has 122 valence electrons. The fourth-order valence-corrected chi connectivity index (χ4v) is 2.91. The molecule has 0 saturated heterocycles. The molecule has 1 aromatic heterocycles. The molecule has 0 unspecified atom stereocenters. The summed E-state index contributed by atoms with van der Waals surface area (Å²) in [6.45, 7) is 7.89. The summed E-state index contributed by atoms with van der Waals surface area (Å²) in [5, 5.41) is 9.54. The molecule has 7 heteroatoms. The van der Waals surface area contributed by atoms with E-state index in [1.54, 1.807) is 6.92 Å². The van der Waals surface area contributed by atoms with Gasteiger partial charge in [-0.25, -0.2) is 9.89 Å². The van der Waals surface area contributed by atoms with Crippen molar-refractivity contribution in [3.8, 4) is 0 Å². The summed E-state index contributed by atoms with van der Waals surface area (Å²) in [7, 11) is 0. The standard InChI is InChI=1S/C16H20N4O2S/c1-9(2)12-7-5-6-10(3)14(12)17-13(21)8-23-15-11(4)19-20-16(22)18-15/h5-7,9H,8H2,1-4H3,(H,17,21)(H,18,20,22). The predicted molar refractivity (Wildman–Crippen MR) is 92.0 cm³/mol. The van der Waals surface area contributed by atoms with E-state index < -0.39 is 5.69 Å². The number of nitrogens with one attached hydrogen (secondary N) is 2. The molecule has 0 saturated carbocycles. The molecule has 0 radical (unpaired) electrons. The lowest BCUT2D eigenvalue weighted by molar-refractivity contribution is -0.113. The van der Waals surface area contributed by atoms with Crippen molar-refractivity contribution in [2.24, 2.45) is 0 Å². The molecule has 6 nitrogen and oxygen atoms in total. The molecule has 0 aliphatic carbocycles. The van der Waals surface area contributed by atoms with Crippen LogP contribution in [-0.2, 0) is 4.79 Å². The molecule has 0 aliphatic heterocycles. The number of thioether (sulfide) groups is 1. The number of carbonyl (C=O) groups is 1. The van der Waals surface area contributed by atoms with Crippen LogP contribution >= 0.6 is 11.8 Å². The molecule has 1 heterocycles. The van der Waals surface area contributed by atoms with Gasteiger partial charge in [0.2, 0.25) is 5.91 Å². The third-order valence-corrected chi connectivity index (χ3v) is 4.43. The average Bonchev–Trinajstić information content (AvgIpc) is 2.50. The van der Waals surface area contributed by atoms with Crippen LogP contribution in [0.3, 0.4) is 0 Å². The largest absolute Gasteiger partial charge is 0.362 e. The molecular formula is C16H20N4O2S. The number of carbonyl (C=O) groups excluding carboxylic acids is 1. The minimum atomic E-state index is -0.514. The van der Waals surface area contributed by atoms with E-state index in [2.05, 4.69) is 34.3 Å². The van der Waals surface area contributed by atoms with Gasteiger partial charge in [0.15, 0.2) is 0 Å². The van der Waals surface area contributed by atoms with Gasteiger partial charge in [-0.2, -0.15) is 10.1 Å². The monoisotopic (exact) mass is 332 g/mol. The smallest absolute Gasteiger partial charge is 0.325 e. The summed E-state index contributed by atoms with van der Waals surface area (Å²) in [5.41, 5.74) is 3.08. The van der Waals surface area contributed by atoms with Crippen molar-refractivity contribution >= 4 is 23.4 Å². The van der Waals surface area contributed by atoms with Crippen LogP contribution in [0.15, 0.2) is 28.0 Å². The van der Waals surface area contributed by atoms with Crippen molar-refractivity contribution in [2.45, 2.75) is 38.6 Å². The number of aromatic nitrogens is 3. The highest BCUT2D eigenvalue weighted by atomic mass is 32.2. The topological polar surface area (TPSA) is 87.7 Å². The molecule has 2 N–H and O–H groups in total. The van der Waals surface area contributed by atoms with Gasteiger partial charge in [-0.05, 0) is 30.9 Å². The zero-order valence-corrected chi connectivity index (χ0v) is 14.5. The number of anilines is 1. The van der Waals surface area contributed by atoms with Crippen LogP contribution in [0.5, 0.6) is 0 Å². The summed E-state index contributed by atoms with van der Waals surface area (Å²) in [6.07, 6.45) is 0. The van der Waals surface area contributed by atoms with Gasteiger partial charge in [0.25, 0.3) is 0 Å². The molecule has 0 atom stereocenters. The van der Waals surface area contributed by atoms with E-state index in [0.29, 0.717) is 16.6 Å². The Labute approximate surface area is 139 Å². The first-order valence-electron chi connectivity index (χ1n) is 7.34. The summed E-state index contributed by atoms with van der Waals surface area (Å²) < 4.78 is 0. The van der Waals surface area contributed by atoms with E-state index in [1.807, 2.05) is 25.1 Å². The van der Waals surface area contributed by atoms with E-state index >= 15 is 0 Å². The van der Waals surface area contributed by atoms with E-state index in [1.165, 1.54) is 11.8 Å². The van der Waals surface area contributed by atoms with Crippen LogP contribution in [0.1, 0.15) is 36.6 Å². The first kappa shape index (κ1) is 17.2. The molecule has 2 aromatic rings. The lowest BCUT2D eigenvalue weighted by Gasteiger charge is -2.16. The Bertz CT molecular complexity index is 771. The number of aryl methyl sites for hydroxylation is 2. The highest BCUT2D eigenvalue weighted by molar-refractivity contribution is 8.00. The maximum atomic E-state index is 12.2. The number of hydrogen-bond acceptors (Lipinski definition) is 5. The third-order valence-electron chi connectivity index (χ3n) is 3.36. The van der Waals surface area contributed by atoms with Gasteiger partial charge in [0, 0.05) is 5.69 Å². The first-order chi connectivity index (χ1) is 10.9. The number of amides is 1. The van der Waals surface area contributed by atoms with Crippen LogP contribution < -0.4 is 11.0 Å². The van der Waals surface area contributed by atoms with Gasteiger partial charge in [-0.15, -0.1) is 0 Å². The second kappa shape index (κ2) is 7.41. The Balaban J connectivity index is 2.09. The van der Waals surface area contributed by atoms with E-state index in [4.69, 9.17) is 0 Å². The molecule has 1 amide bonds. The maximum Gasteiger partial charge on any atom is 0.362 e. The van der Waals surface area contributed by atoms with Crippen molar-refractivity contribution in [3.63, 3.8) is 0 Å². The maximum absolute atomic E-state index is 12.2. The van der Waals surface area contributed by atoms with Crippen LogP contribution in [0.25, 0.3) is 0 Å². The predicted octanol–water partition coefficient (Wildman–Crippen LogP) is 2.64.